The predicted molar refractivity (Wildman–Crippen MR) is 100 cm³/mol. The number of epoxide rings is 1. The normalized spacial score (nSPS) is 49.9. The Morgan fingerprint density at radius 2 is 1.96 bits per heavy atom. The van der Waals surface area contributed by atoms with Gasteiger partial charge < -0.3 is 14.6 Å². The molecule has 0 aromatic carbocycles. The van der Waals surface area contributed by atoms with E-state index in [2.05, 4.69) is 23.6 Å². The second kappa shape index (κ2) is 6.41. The molecular formula is C21H34N2O4. The molecule has 152 valence electrons. The van der Waals surface area contributed by atoms with Crippen molar-refractivity contribution in [3.63, 3.8) is 0 Å². The average molecular weight is 379 g/mol. The van der Waals surface area contributed by atoms with Crippen LogP contribution in [0.25, 0.3) is 0 Å². The number of esters is 1. The van der Waals surface area contributed by atoms with Gasteiger partial charge in [0.15, 0.2) is 0 Å². The fourth-order valence-corrected chi connectivity index (χ4v) is 7.06. The van der Waals surface area contributed by atoms with Gasteiger partial charge in [-0.1, -0.05) is 20.3 Å². The third-order valence-corrected chi connectivity index (χ3v) is 8.53. The van der Waals surface area contributed by atoms with Gasteiger partial charge >= 0.3 is 5.97 Å². The molecule has 5 aliphatic rings. The lowest BCUT2D eigenvalue weighted by Crippen LogP contribution is -2.55. The summed E-state index contributed by atoms with van der Waals surface area (Å²) in [5.41, 5.74) is 0.167. The number of piperazine rings is 1. The van der Waals surface area contributed by atoms with Crippen molar-refractivity contribution in [3.8, 4) is 0 Å². The van der Waals surface area contributed by atoms with Gasteiger partial charge in [0.25, 0.3) is 0 Å². The molecule has 5 fully saturated rings. The highest BCUT2D eigenvalue weighted by Crippen LogP contribution is 2.70. The number of hydrogen-bond acceptors (Lipinski definition) is 6. The molecule has 3 heterocycles. The molecule has 0 aromatic heterocycles. The molecular weight excluding hydrogens is 344 g/mol. The van der Waals surface area contributed by atoms with Crippen LogP contribution in [-0.4, -0.2) is 84.6 Å². The topological polar surface area (TPSA) is 65.5 Å². The molecule has 1 spiro atoms. The summed E-state index contributed by atoms with van der Waals surface area (Å²) >= 11 is 0. The van der Waals surface area contributed by atoms with Crippen LogP contribution in [0.3, 0.4) is 0 Å². The summed E-state index contributed by atoms with van der Waals surface area (Å²) in [6, 6.07) is 0. The molecule has 2 aliphatic carbocycles. The summed E-state index contributed by atoms with van der Waals surface area (Å²) < 4.78 is 12.5. The van der Waals surface area contributed by atoms with Gasteiger partial charge in [0, 0.05) is 50.6 Å². The van der Waals surface area contributed by atoms with Crippen LogP contribution < -0.4 is 0 Å². The van der Waals surface area contributed by atoms with Gasteiger partial charge in [-0.15, -0.1) is 0 Å². The largest absolute Gasteiger partial charge is 0.462 e. The van der Waals surface area contributed by atoms with Gasteiger partial charge in [-0.25, -0.2) is 0 Å². The summed E-state index contributed by atoms with van der Waals surface area (Å²) in [4.78, 5) is 17.5. The zero-order valence-corrected chi connectivity index (χ0v) is 16.7. The Balaban J connectivity index is 1.30. The van der Waals surface area contributed by atoms with Crippen molar-refractivity contribution in [3.05, 3.63) is 0 Å². The van der Waals surface area contributed by atoms with Crippen LogP contribution in [0.5, 0.6) is 0 Å². The van der Waals surface area contributed by atoms with Gasteiger partial charge in [0.2, 0.25) is 0 Å². The summed E-state index contributed by atoms with van der Waals surface area (Å²) in [5, 5.41) is 9.12. The number of aliphatic hydroxyl groups excluding tert-OH is 1. The molecule has 0 aromatic rings. The van der Waals surface area contributed by atoms with Gasteiger partial charge in [-0.05, 0) is 25.2 Å². The maximum absolute atomic E-state index is 12.8. The second-order valence-corrected chi connectivity index (χ2v) is 9.91. The number of aliphatic hydroxyl groups is 1. The lowest BCUT2D eigenvalue weighted by atomic mass is 9.53. The Morgan fingerprint density at radius 3 is 2.70 bits per heavy atom. The number of nitrogens with zero attached hydrogens (tertiary/aromatic N) is 2. The van der Waals surface area contributed by atoms with Crippen molar-refractivity contribution >= 4 is 5.97 Å². The molecule has 7 atom stereocenters. The number of fused-ring (bicyclic) bond motifs is 2. The molecule has 3 aliphatic heterocycles. The first-order chi connectivity index (χ1) is 13.0. The molecule has 0 bridgehead atoms. The quantitative estimate of drug-likeness (QED) is 0.584. The summed E-state index contributed by atoms with van der Waals surface area (Å²) in [5.74, 6) is 0.785. The van der Waals surface area contributed by atoms with Gasteiger partial charge in [-0.3, -0.25) is 14.6 Å². The van der Waals surface area contributed by atoms with E-state index in [1.165, 1.54) is 19.3 Å². The minimum absolute atomic E-state index is 0.00152. The standard InChI is InChI=1S/C21H34N2O4/c1-14-4-3-5-20(2)12-16-17(18-21(14,20)27-18)15(19(25)26-16)13-23-8-6-22(7-9-23)10-11-24/h14-18,24H,3-13H2,1-2H3/t14-,15?,16+,17+,18?,20+,21?/m0/s1. The molecule has 6 nitrogen and oxygen atoms in total. The van der Waals surface area contributed by atoms with Crippen molar-refractivity contribution in [1.82, 2.24) is 9.80 Å². The Hall–Kier alpha value is -0.690. The van der Waals surface area contributed by atoms with Crippen LogP contribution in [-0.2, 0) is 14.3 Å². The number of carbonyl (C=O) groups is 1. The number of hydrogen-bond donors (Lipinski definition) is 1. The number of β-amino-alcohol motifs (C(OH)–C–C–N with tert-alkyl or cyclic N) is 1. The van der Waals surface area contributed by atoms with E-state index in [1.54, 1.807) is 0 Å². The van der Waals surface area contributed by atoms with Crippen LogP contribution in [0.1, 0.15) is 39.5 Å². The minimum Gasteiger partial charge on any atom is -0.462 e. The summed E-state index contributed by atoms with van der Waals surface area (Å²) in [6.45, 7) is 10.4. The monoisotopic (exact) mass is 378 g/mol. The van der Waals surface area contributed by atoms with E-state index in [4.69, 9.17) is 14.6 Å². The van der Waals surface area contributed by atoms with E-state index >= 15 is 0 Å². The Morgan fingerprint density at radius 1 is 1.22 bits per heavy atom. The van der Waals surface area contributed by atoms with E-state index in [-0.39, 0.29) is 47.6 Å². The third-order valence-electron chi connectivity index (χ3n) is 8.53. The first kappa shape index (κ1) is 18.3. The first-order valence-corrected chi connectivity index (χ1v) is 10.9. The zero-order valence-electron chi connectivity index (χ0n) is 16.7. The number of rotatable bonds is 4. The predicted octanol–water partition coefficient (Wildman–Crippen LogP) is 1.12. The fourth-order valence-electron chi connectivity index (χ4n) is 7.06. The van der Waals surface area contributed by atoms with Crippen molar-refractivity contribution in [1.29, 1.82) is 0 Å². The molecule has 3 unspecified atom stereocenters. The molecule has 3 saturated heterocycles. The Bertz CT molecular complexity index is 607. The van der Waals surface area contributed by atoms with E-state index in [0.29, 0.717) is 5.92 Å². The second-order valence-electron chi connectivity index (χ2n) is 9.91. The van der Waals surface area contributed by atoms with Gasteiger partial charge in [0.1, 0.15) is 11.7 Å². The number of carbonyl (C=O) groups excluding carboxylic acids is 1. The van der Waals surface area contributed by atoms with Crippen LogP contribution >= 0.6 is 0 Å². The summed E-state index contributed by atoms with van der Waals surface area (Å²) in [7, 11) is 0. The smallest absolute Gasteiger partial charge is 0.311 e. The Labute approximate surface area is 162 Å². The molecule has 0 radical (unpaired) electrons. The lowest BCUT2D eigenvalue weighted by Gasteiger charge is -2.49. The van der Waals surface area contributed by atoms with Crippen molar-refractivity contribution < 1.29 is 19.4 Å². The van der Waals surface area contributed by atoms with Crippen LogP contribution in [0.2, 0.25) is 0 Å². The highest BCUT2D eigenvalue weighted by molar-refractivity contribution is 5.76. The van der Waals surface area contributed by atoms with Crippen molar-refractivity contribution in [2.45, 2.75) is 57.3 Å². The Kier molecular flexibility index (Phi) is 4.35. The number of ether oxygens (including phenoxy) is 2. The van der Waals surface area contributed by atoms with Crippen LogP contribution in [0.15, 0.2) is 0 Å². The van der Waals surface area contributed by atoms with E-state index in [1.807, 2.05) is 0 Å². The fraction of sp³-hybridized carbons (Fsp3) is 0.952. The maximum atomic E-state index is 12.8. The average Bonchev–Trinajstić information content (AvgIpc) is 3.32. The molecule has 6 heteroatoms. The molecule has 2 saturated carbocycles. The maximum Gasteiger partial charge on any atom is 0.311 e. The van der Waals surface area contributed by atoms with E-state index < -0.39 is 0 Å². The minimum atomic E-state index is -0.0394. The van der Waals surface area contributed by atoms with Crippen LogP contribution in [0.4, 0.5) is 0 Å². The summed E-state index contributed by atoms with van der Waals surface area (Å²) in [6.07, 6.45) is 4.95. The third kappa shape index (κ3) is 2.63. The molecule has 5 rings (SSSR count). The zero-order chi connectivity index (χ0) is 18.8. The van der Waals surface area contributed by atoms with Gasteiger partial charge in [0.05, 0.1) is 18.6 Å². The molecule has 27 heavy (non-hydrogen) atoms. The SMILES string of the molecule is C[C@H]1CCC[C@]2(C)C[C@H]3OC(=O)C(CN4CCN(CCO)CC4)[C@H]3C3OC312. The first-order valence-electron chi connectivity index (χ1n) is 10.9. The van der Waals surface area contributed by atoms with E-state index in [0.717, 1.165) is 45.7 Å². The van der Waals surface area contributed by atoms with Crippen molar-refractivity contribution in [2.24, 2.45) is 23.2 Å². The lowest BCUT2D eigenvalue weighted by molar-refractivity contribution is -0.146. The van der Waals surface area contributed by atoms with E-state index in [9.17, 15) is 4.79 Å². The van der Waals surface area contributed by atoms with Crippen LogP contribution in [0, 0.1) is 23.2 Å². The highest BCUT2D eigenvalue weighted by atomic mass is 16.6. The highest BCUT2D eigenvalue weighted by Gasteiger charge is 2.78. The molecule has 1 N–H and O–H groups in total. The van der Waals surface area contributed by atoms with Crippen molar-refractivity contribution in [2.75, 3.05) is 45.9 Å². The molecule has 0 amide bonds. The van der Waals surface area contributed by atoms with Gasteiger partial charge in [-0.2, -0.15) is 0 Å².